The maximum absolute atomic E-state index is 10.1. The lowest BCUT2D eigenvalue weighted by atomic mass is 10.1. The predicted molar refractivity (Wildman–Crippen MR) is 81.9 cm³/mol. The van der Waals surface area contributed by atoms with Gasteiger partial charge in [-0.1, -0.05) is 6.07 Å². The molecule has 1 aromatic heterocycles. The van der Waals surface area contributed by atoms with E-state index >= 15 is 0 Å². The first-order valence-corrected chi connectivity index (χ1v) is 7.63. The zero-order valence-electron chi connectivity index (χ0n) is 11.4. The number of hydrogen-bond acceptors (Lipinski definition) is 2. The third-order valence-electron chi connectivity index (χ3n) is 3.76. The normalized spacial score (nSPS) is 16.1. The molecule has 0 saturated heterocycles. The van der Waals surface area contributed by atoms with Gasteiger partial charge in [0.15, 0.2) is 0 Å². The molecule has 1 N–H and O–H groups in total. The van der Waals surface area contributed by atoms with Crippen molar-refractivity contribution in [2.75, 3.05) is 7.11 Å². The van der Waals surface area contributed by atoms with Crippen molar-refractivity contribution < 1.29 is 9.84 Å². The molecule has 0 aliphatic heterocycles. The van der Waals surface area contributed by atoms with Crippen LogP contribution in [0.1, 0.15) is 30.1 Å². The Morgan fingerprint density at radius 3 is 2.85 bits per heavy atom. The van der Waals surface area contributed by atoms with Crippen LogP contribution in [0, 0.1) is 5.92 Å². The van der Waals surface area contributed by atoms with Crippen molar-refractivity contribution in [2.45, 2.75) is 25.5 Å². The Hall–Kier alpha value is -1.26. The summed E-state index contributed by atoms with van der Waals surface area (Å²) in [6.45, 7) is 0.792. The molecule has 3 nitrogen and oxygen atoms in total. The van der Waals surface area contributed by atoms with Crippen LogP contribution in [0.5, 0.6) is 5.75 Å². The highest BCUT2D eigenvalue weighted by Gasteiger charge is 2.31. The van der Waals surface area contributed by atoms with Crippen LogP contribution in [0.4, 0.5) is 0 Å². The van der Waals surface area contributed by atoms with Crippen LogP contribution in [0.25, 0.3) is 0 Å². The van der Waals surface area contributed by atoms with Gasteiger partial charge in [0, 0.05) is 18.9 Å². The Labute approximate surface area is 127 Å². The molecule has 0 radical (unpaired) electrons. The third-order valence-corrected chi connectivity index (χ3v) is 4.38. The SMILES string of the molecule is COc1ccc(Cn2ccc(C(O)C3CC3)c2)cc1Br. The summed E-state index contributed by atoms with van der Waals surface area (Å²) >= 11 is 3.50. The molecule has 1 aliphatic carbocycles. The minimum Gasteiger partial charge on any atom is -0.496 e. The van der Waals surface area contributed by atoms with Crippen LogP contribution in [-0.2, 0) is 6.54 Å². The zero-order chi connectivity index (χ0) is 14.1. The molecule has 4 heteroatoms. The van der Waals surface area contributed by atoms with Gasteiger partial charge in [-0.15, -0.1) is 0 Å². The molecular formula is C16H18BrNO2. The van der Waals surface area contributed by atoms with E-state index in [4.69, 9.17) is 4.74 Å². The van der Waals surface area contributed by atoms with Gasteiger partial charge in [0.1, 0.15) is 5.75 Å². The first-order valence-electron chi connectivity index (χ1n) is 6.83. The summed E-state index contributed by atoms with van der Waals surface area (Å²) in [5.41, 5.74) is 2.22. The molecule has 20 heavy (non-hydrogen) atoms. The number of aliphatic hydroxyl groups excluding tert-OH is 1. The van der Waals surface area contributed by atoms with E-state index in [-0.39, 0.29) is 6.10 Å². The van der Waals surface area contributed by atoms with Gasteiger partial charge >= 0.3 is 0 Å². The van der Waals surface area contributed by atoms with Crippen molar-refractivity contribution >= 4 is 15.9 Å². The second-order valence-corrected chi connectivity index (χ2v) is 6.22. The van der Waals surface area contributed by atoms with Crippen LogP contribution in [0.15, 0.2) is 41.1 Å². The maximum atomic E-state index is 10.1. The van der Waals surface area contributed by atoms with E-state index in [2.05, 4.69) is 32.6 Å². The number of nitrogens with zero attached hydrogens (tertiary/aromatic N) is 1. The van der Waals surface area contributed by atoms with Gasteiger partial charge in [0.05, 0.1) is 17.7 Å². The zero-order valence-corrected chi connectivity index (χ0v) is 13.0. The van der Waals surface area contributed by atoms with Gasteiger partial charge in [0.25, 0.3) is 0 Å². The molecule has 1 aliphatic rings. The lowest BCUT2D eigenvalue weighted by molar-refractivity contribution is 0.154. The monoisotopic (exact) mass is 335 g/mol. The molecule has 0 bridgehead atoms. The van der Waals surface area contributed by atoms with E-state index < -0.39 is 0 Å². The van der Waals surface area contributed by atoms with Gasteiger partial charge < -0.3 is 14.4 Å². The molecule has 1 saturated carbocycles. The Bertz CT molecular complexity index is 604. The number of halogens is 1. The fourth-order valence-corrected chi connectivity index (χ4v) is 3.02. The molecule has 1 fully saturated rings. The van der Waals surface area contributed by atoms with Crippen molar-refractivity contribution in [3.63, 3.8) is 0 Å². The molecular weight excluding hydrogens is 318 g/mol. The molecule has 2 aromatic rings. The summed E-state index contributed by atoms with van der Waals surface area (Å²) < 4.78 is 8.30. The van der Waals surface area contributed by atoms with Gasteiger partial charge in [0.2, 0.25) is 0 Å². The summed E-state index contributed by atoms with van der Waals surface area (Å²) in [7, 11) is 1.66. The van der Waals surface area contributed by atoms with Crippen LogP contribution in [0.3, 0.4) is 0 Å². The van der Waals surface area contributed by atoms with E-state index in [0.717, 1.165) is 35.2 Å². The van der Waals surface area contributed by atoms with E-state index in [1.54, 1.807) is 7.11 Å². The van der Waals surface area contributed by atoms with Crippen molar-refractivity contribution in [1.82, 2.24) is 4.57 Å². The number of aromatic nitrogens is 1. The lowest BCUT2D eigenvalue weighted by Crippen LogP contribution is -2.00. The fraction of sp³-hybridized carbons (Fsp3) is 0.375. The Kier molecular flexibility index (Phi) is 3.85. The third kappa shape index (κ3) is 2.91. The van der Waals surface area contributed by atoms with Gasteiger partial charge in [-0.05, 0) is 64.0 Å². The van der Waals surface area contributed by atoms with E-state index in [1.165, 1.54) is 5.56 Å². The summed E-state index contributed by atoms with van der Waals surface area (Å²) in [6, 6.07) is 8.10. The van der Waals surface area contributed by atoms with Crippen molar-refractivity contribution in [3.05, 3.63) is 52.3 Å². The second kappa shape index (κ2) is 5.62. The van der Waals surface area contributed by atoms with Crippen molar-refractivity contribution in [1.29, 1.82) is 0 Å². The summed E-state index contributed by atoms with van der Waals surface area (Å²) in [5.74, 6) is 1.31. The van der Waals surface area contributed by atoms with Crippen LogP contribution >= 0.6 is 15.9 Å². The Morgan fingerprint density at radius 2 is 2.20 bits per heavy atom. The van der Waals surface area contributed by atoms with Crippen molar-refractivity contribution in [2.24, 2.45) is 5.92 Å². The van der Waals surface area contributed by atoms with E-state index in [0.29, 0.717) is 5.92 Å². The van der Waals surface area contributed by atoms with Crippen LogP contribution in [-0.4, -0.2) is 16.8 Å². The topological polar surface area (TPSA) is 34.4 Å². The highest BCUT2D eigenvalue weighted by atomic mass is 79.9. The van der Waals surface area contributed by atoms with Crippen LogP contribution in [0.2, 0.25) is 0 Å². The maximum Gasteiger partial charge on any atom is 0.133 e. The van der Waals surface area contributed by atoms with Gasteiger partial charge in [-0.2, -0.15) is 0 Å². The van der Waals surface area contributed by atoms with Gasteiger partial charge in [-0.3, -0.25) is 0 Å². The molecule has 3 rings (SSSR count). The number of methoxy groups -OCH3 is 1. The highest BCUT2D eigenvalue weighted by Crippen LogP contribution is 2.40. The molecule has 0 spiro atoms. The highest BCUT2D eigenvalue weighted by molar-refractivity contribution is 9.10. The van der Waals surface area contributed by atoms with E-state index in [9.17, 15) is 5.11 Å². The summed E-state index contributed by atoms with van der Waals surface area (Å²) in [5, 5.41) is 10.1. The number of hydrogen-bond donors (Lipinski definition) is 1. The molecule has 0 amide bonds. The quantitative estimate of drug-likeness (QED) is 0.902. The largest absolute Gasteiger partial charge is 0.496 e. The number of ether oxygens (including phenoxy) is 1. The lowest BCUT2D eigenvalue weighted by Gasteiger charge is -2.08. The summed E-state index contributed by atoms with van der Waals surface area (Å²) in [4.78, 5) is 0. The fourth-order valence-electron chi connectivity index (χ4n) is 2.44. The summed E-state index contributed by atoms with van der Waals surface area (Å²) in [6.07, 6.45) is 6.08. The molecule has 1 unspecified atom stereocenters. The smallest absolute Gasteiger partial charge is 0.133 e. The molecule has 106 valence electrons. The van der Waals surface area contributed by atoms with Gasteiger partial charge in [-0.25, -0.2) is 0 Å². The number of aliphatic hydroxyl groups is 1. The molecule has 1 heterocycles. The number of rotatable bonds is 5. The molecule has 1 aromatic carbocycles. The first kappa shape index (κ1) is 13.7. The minimum absolute atomic E-state index is 0.293. The first-order chi connectivity index (χ1) is 9.67. The predicted octanol–water partition coefficient (Wildman–Crippen LogP) is 3.75. The van der Waals surface area contributed by atoms with Crippen molar-refractivity contribution in [3.8, 4) is 5.75 Å². The second-order valence-electron chi connectivity index (χ2n) is 5.37. The Balaban J connectivity index is 1.72. The average Bonchev–Trinajstić information content (AvgIpc) is 3.19. The minimum atomic E-state index is -0.293. The van der Waals surface area contributed by atoms with E-state index in [1.807, 2.05) is 24.5 Å². The number of benzene rings is 1. The average molecular weight is 336 g/mol. The standard InChI is InChI=1S/C16H18BrNO2/c1-20-15-5-2-11(8-14(15)17)9-18-7-6-13(10-18)16(19)12-3-4-12/h2,5-8,10,12,16,19H,3-4,9H2,1H3. The Morgan fingerprint density at radius 1 is 1.40 bits per heavy atom. The molecule has 1 atom stereocenters. The van der Waals surface area contributed by atoms with Crippen LogP contribution < -0.4 is 4.74 Å².